The maximum absolute atomic E-state index is 2.40. The van der Waals surface area contributed by atoms with Crippen molar-refractivity contribution >= 4 is 75.3 Å². The Bertz CT molecular complexity index is 2850. The van der Waals surface area contributed by atoms with E-state index in [0.717, 1.165) is 0 Å². The minimum atomic E-state index is 1.26. The van der Waals surface area contributed by atoms with Crippen molar-refractivity contribution in [1.29, 1.82) is 0 Å². The van der Waals surface area contributed by atoms with Gasteiger partial charge in [0.15, 0.2) is 0 Å². The Balaban J connectivity index is 1.29. The van der Waals surface area contributed by atoms with Crippen molar-refractivity contribution in [1.82, 2.24) is 0 Å². The molecule has 0 unspecified atom stereocenters. The third kappa shape index (κ3) is 4.07. The fourth-order valence-electron chi connectivity index (χ4n) is 7.71. The standard InChI is InChI=1S/C46H28S/c1-2-13-32-27-43-33(26-31(32)12-1)21-22-40(36-19-9-14-29-10-3-5-15-34(29)36)45(43)39-18-8-7-17-37(39)44-28-47-46-41-23-20-30-11-4-6-16-35(30)38(41)24-25-42(44)46/h1-28H. The maximum atomic E-state index is 2.40. The van der Waals surface area contributed by atoms with Crippen LogP contribution in [0, 0.1) is 0 Å². The highest BCUT2D eigenvalue weighted by molar-refractivity contribution is 7.18. The lowest BCUT2D eigenvalue weighted by Crippen LogP contribution is -1.92. The molecule has 1 aromatic heterocycles. The van der Waals surface area contributed by atoms with Gasteiger partial charge in [0.25, 0.3) is 0 Å². The molecule has 0 fully saturated rings. The van der Waals surface area contributed by atoms with Crippen LogP contribution >= 0.6 is 11.3 Å². The third-order valence-corrected chi connectivity index (χ3v) is 10.9. The largest absolute Gasteiger partial charge is 0.142 e. The van der Waals surface area contributed by atoms with E-state index < -0.39 is 0 Å². The van der Waals surface area contributed by atoms with Crippen molar-refractivity contribution in [3.05, 3.63) is 169 Å². The lowest BCUT2D eigenvalue weighted by Gasteiger charge is -2.19. The molecule has 0 atom stereocenters. The summed E-state index contributed by atoms with van der Waals surface area (Å²) < 4.78 is 1.34. The van der Waals surface area contributed by atoms with Crippen LogP contribution in [0.3, 0.4) is 0 Å². The van der Waals surface area contributed by atoms with E-state index in [9.17, 15) is 0 Å². The van der Waals surface area contributed by atoms with Crippen LogP contribution in [0.4, 0.5) is 0 Å². The zero-order valence-electron chi connectivity index (χ0n) is 25.6. The molecule has 0 radical (unpaired) electrons. The molecule has 10 aromatic rings. The number of thiophene rings is 1. The Kier molecular flexibility index (Phi) is 5.85. The smallest absolute Gasteiger partial charge is 0.0427 e. The summed E-state index contributed by atoms with van der Waals surface area (Å²) in [7, 11) is 0. The topological polar surface area (TPSA) is 0 Å². The average Bonchev–Trinajstić information content (AvgIpc) is 3.58. The number of hydrogen-bond acceptors (Lipinski definition) is 1. The first-order chi connectivity index (χ1) is 23.3. The second-order valence-corrected chi connectivity index (χ2v) is 13.3. The molecule has 47 heavy (non-hydrogen) atoms. The zero-order chi connectivity index (χ0) is 30.9. The Morgan fingerprint density at radius 1 is 0.277 bits per heavy atom. The summed E-state index contributed by atoms with van der Waals surface area (Å²) in [6.07, 6.45) is 0. The first kappa shape index (κ1) is 26.5. The molecule has 0 saturated heterocycles. The Labute approximate surface area is 276 Å². The van der Waals surface area contributed by atoms with Crippen LogP contribution < -0.4 is 0 Å². The molecule has 0 aliphatic heterocycles. The fourth-order valence-corrected chi connectivity index (χ4v) is 8.81. The molecule has 10 rings (SSSR count). The van der Waals surface area contributed by atoms with E-state index in [1.165, 1.54) is 97.3 Å². The normalized spacial score (nSPS) is 11.8. The highest BCUT2D eigenvalue weighted by atomic mass is 32.1. The zero-order valence-corrected chi connectivity index (χ0v) is 26.4. The quantitative estimate of drug-likeness (QED) is 0.138. The van der Waals surface area contributed by atoms with E-state index in [1.54, 1.807) is 0 Å². The fraction of sp³-hybridized carbons (Fsp3) is 0. The Morgan fingerprint density at radius 3 is 1.72 bits per heavy atom. The minimum Gasteiger partial charge on any atom is -0.142 e. The van der Waals surface area contributed by atoms with Crippen molar-refractivity contribution in [3.8, 4) is 33.4 Å². The summed E-state index contributed by atoms with van der Waals surface area (Å²) in [5.74, 6) is 0. The molecule has 0 bridgehead atoms. The summed E-state index contributed by atoms with van der Waals surface area (Å²) >= 11 is 1.86. The predicted molar refractivity (Wildman–Crippen MR) is 206 cm³/mol. The molecule has 218 valence electrons. The van der Waals surface area contributed by atoms with Crippen molar-refractivity contribution in [2.24, 2.45) is 0 Å². The second kappa shape index (κ2) is 10.4. The summed E-state index contributed by atoms with van der Waals surface area (Å²) in [5.41, 5.74) is 7.61. The van der Waals surface area contributed by atoms with Crippen molar-refractivity contribution < 1.29 is 0 Å². The Hall–Kier alpha value is -5.76. The molecule has 1 heterocycles. The van der Waals surface area contributed by atoms with Crippen LogP contribution in [-0.4, -0.2) is 0 Å². The number of benzene rings is 9. The molecule has 0 amide bonds. The van der Waals surface area contributed by atoms with Gasteiger partial charge < -0.3 is 0 Å². The lowest BCUT2D eigenvalue weighted by atomic mass is 9.84. The molecule has 0 aliphatic rings. The van der Waals surface area contributed by atoms with Gasteiger partial charge in [-0.3, -0.25) is 0 Å². The van der Waals surface area contributed by atoms with Crippen molar-refractivity contribution in [3.63, 3.8) is 0 Å². The number of hydrogen-bond donors (Lipinski definition) is 0. The van der Waals surface area contributed by atoms with Crippen molar-refractivity contribution in [2.45, 2.75) is 0 Å². The van der Waals surface area contributed by atoms with E-state index in [4.69, 9.17) is 0 Å². The third-order valence-electron chi connectivity index (χ3n) is 9.91. The summed E-state index contributed by atoms with van der Waals surface area (Å²) in [4.78, 5) is 0. The van der Waals surface area contributed by atoms with Gasteiger partial charge in [0.1, 0.15) is 0 Å². The van der Waals surface area contributed by atoms with Crippen LogP contribution in [0.15, 0.2) is 169 Å². The van der Waals surface area contributed by atoms with Gasteiger partial charge in [-0.15, -0.1) is 11.3 Å². The van der Waals surface area contributed by atoms with Crippen LogP contribution in [0.1, 0.15) is 0 Å². The Morgan fingerprint density at radius 2 is 0.872 bits per heavy atom. The highest BCUT2D eigenvalue weighted by Crippen LogP contribution is 2.48. The number of rotatable bonds is 3. The average molecular weight is 613 g/mol. The van der Waals surface area contributed by atoms with Gasteiger partial charge in [-0.2, -0.15) is 0 Å². The molecule has 0 nitrogen and oxygen atoms in total. The van der Waals surface area contributed by atoms with E-state index in [1.807, 2.05) is 11.3 Å². The van der Waals surface area contributed by atoms with E-state index in [-0.39, 0.29) is 0 Å². The predicted octanol–water partition coefficient (Wildman–Crippen LogP) is 13.7. The molecule has 0 N–H and O–H groups in total. The highest BCUT2D eigenvalue weighted by Gasteiger charge is 2.20. The molecule has 9 aromatic carbocycles. The van der Waals surface area contributed by atoms with E-state index >= 15 is 0 Å². The van der Waals surface area contributed by atoms with Crippen LogP contribution in [0.5, 0.6) is 0 Å². The van der Waals surface area contributed by atoms with Crippen LogP contribution in [0.2, 0.25) is 0 Å². The van der Waals surface area contributed by atoms with Crippen LogP contribution in [0.25, 0.3) is 97.3 Å². The van der Waals surface area contributed by atoms with Crippen LogP contribution in [-0.2, 0) is 0 Å². The van der Waals surface area contributed by atoms with Gasteiger partial charge in [0.05, 0.1) is 0 Å². The lowest BCUT2D eigenvalue weighted by molar-refractivity contribution is 1.62. The maximum Gasteiger partial charge on any atom is 0.0427 e. The van der Waals surface area contributed by atoms with Gasteiger partial charge in [-0.25, -0.2) is 0 Å². The summed E-state index contributed by atoms with van der Waals surface area (Å²) in [6.45, 7) is 0. The second-order valence-electron chi connectivity index (χ2n) is 12.5. The molecule has 0 spiro atoms. The van der Waals surface area contributed by atoms with Crippen molar-refractivity contribution in [2.75, 3.05) is 0 Å². The molecular formula is C46H28S. The van der Waals surface area contributed by atoms with Gasteiger partial charge >= 0.3 is 0 Å². The van der Waals surface area contributed by atoms with Gasteiger partial charge in [-0.05, 0) is 93.8 Å². The monoisotopic (exact) mass is 612 g/mol. The number of fused-ring (bicyclic) bond motifs is 8. The van der Waals surface area contributed by atoms with Gasteiger partial charge in [0.2, 0.25) is 0 Å². The first-order valence-corrected chi connectivity index (χ1v) is 17.0. The van der Waals surface area contributed by atoms with E-state index in [2.05, 4.69) is 169 Å². The minimum absolute atomic E-state index is 1.26. The first-order valence-electron chi connectivity index (χ1n) is 16.2. The molecule has 1 heteroatoms. The SMILES string of the molecule is c1ccc(-c2csc3c2ccc2c4ccccc4ccc23)c(-c2c(-c3cccc4ccccc34)ccc3cc4ccccc4cc23)c1. The molecule has 0 saturated carbocycles. The van der Waals surface area contributed by atoms with Gasteiger partial charge in [-0.1, -0.05) is 152 Å². The summed E-state index contributed by atoms with van der Waals surface area (Å²) in [6, 6.07) is 60.5. The molecular weight excluding hydrogens is 585 g/mol. The summed E-state index contributed by atoms with van der Waals surface area (Å²) in [5, 5.41) is 16.5. The molecule has 0 aliphatic carbocycles. The van der Waals surface area contributed by atoms with Gasteiger partial charge in [0, 0.05) is 21.0 Å². The van der Waals surface area contributed by atoms with E-state index in [0.29, 0.717) is 0 Å².